The standard InChI is InChI=1S/C12H12F3N3O/c1-18-12(16)9(5-17-18)7-3-6(13)4-8(11(14)15)10(7)19-2/h3-5,11H,16H2,1-2H3. The summed E-state index contributed by atoms with van der Waals surface area (Å²) in [5.74, 6) is -0.644. The fourth-order valence-electron chi connectivity index (χ4n) is 1.86. The largest absolute Gasteiger partial charge is 0.496 e. The maximum absolute atomic E-state index is 13.5. The number of hydrogen-bond donors (Lipinski definition) is 1. The zero-order chi connectivity index (χ0) is 14.2. The molecule has 0 radical (unpaired) electrons. The molecule has 2 aromatic rings. The molecular formula is C12H12F3N3O. The third-order valence-electron chi connectivity index (χ3n) is 2.80. The molecular weight excluding hydrogens is 259 g/mol. The van der Waals surface area contributed by atoms with Crippen molar-refractivity contribution in [2.24, 2.45) is 7.05 Å². The van der Waals surface area contributed by atoms with E-state index in [0.717, 1.165) is 12.1 Å². The number of nitrogens with two attached hydrogens (primary N) is 1. The van der Waals surface area contributed by atoms with Gasteiger partial charge in [-0.3, -0.25) is 4.68 Å². The first-order valence-corrected chi connectivity index (χ1v) is 5.39. The summed E-state index contributed by atoms with van der Waals surface area (Å²) >= 11 is 0. The molecule has 102 valence electrons. The van der Waals surface area contributed by atoms with Gasteiger partial charge in [-0.1, -0.05) is 0 Å². The van der Waals surface area contributed by atoms with E-state index in [1.165, 1.54) is 18.0 Å². The number of aryl methyl sites for hydroxylation is 1. The van der Waals surface area contributed by atoms with Crippen LogP contribution in [0.4, 0.5) is 19.0 Å². The van der Waals surface area contributed by atoms with Crippen LogP contribution in [0.5, 0.6) is 5.75 Å². The van der Waals surface area contributed by atoms with Gasteiger partial charge < -0.3 is 10.5 Å². The average molecular weight is 271 g/mol. The van der Waals surface area contributed by atoms with Crippen LogP contribution >= 0.6 is 0 Å². The number of nitrogens with zero attached hydrogens (tertiary/aromatic N) is 2. The van der Waals surface area contributed by atoms with E-state index in [-0.39, 0.29) is 17.1 Å². The molecule has 0 saturated heterocycles. The van der Waals surface area contributed by atoms with Crippen molar-refractivity contribution in [3.05, 3.63) is 29.7 Å². The lowest BCUT2D eigenvalue weighted by atomic mass is 10.0. The molecule has 1 heterocycles. The number of nitrogen functional groups attached to an aromatic ring is 1. The van der Waals surface area contributed by atoms with E-state index in [2.05, 4.69) is 5.10 Å². The molecule has 0 bridgehead atoms. The Morgan fingerprint density at radius 1 is 1.32 bits per heavy atom. The van der Waals surface area contributed by atoms with Gasteiger partial charge in [0.25, 0.3) is 6.43 Å². The van der Waals surface area contributed by atoms with Gasteiger partial charge in [-0.15, -0.1) is 0 Å². The number of benzene rings is 1. The van der Waals surface area contributed by atoms with Crippen molar-refractivity contribution in [2.75, 3.05) is 12.8 Å². The van der Waals surface area contributed by atoms with Crippen LogP contribution in [-0.4, -0.2) is 16.9 Å². The highest BCUT2D eigenvalue weighted by Crippen LogP contribution is 2.40. The maximum Gasteiger partial charge on any atom is 0.267 e. The first-order chi connectivity index (χ1) is 8.95. The van der Waals surface area contributed by atoms with Gasteiger partial charge in [-0.25, -0.2) is 13.2 Å². The van der Waals surface area contributed by atoms with Crippen LogP contribution < -0.4 is 10.5 Å². The van der Waals surface area contributed by atoms with Gasteiger partial charge in [0.05, 0.1) is 18.9 Å². The van der Waals surface area contributed by atoms with Crippen LogP contribution in [0, 0.1) is 5.82 Å². The molecule has 1 aromatic heterocycles. The minimum atomic E-state index is -2.85. The van der Waals surface area contributed by atoms with Gasteiger partial charge in [0.2, 0.25) is 0 Å². The molecule has 0 spiro atoms. The first-order valence-electron chi connectivity index (χ1n) is 5.39. The number of aromatic nitrogens is 2. The summed E-state index contributed by atoms with van der Waals surface area (Å²) in [6.45, 7) is 0. The molecule has 2 N–H and O–H groups in total. The Hall–Kier alpha value is -2.18. The average Bonchev–Trinajstić information content (AvgIpc) is 2.69. The summed E-state index contributed by atoms with van der Waals surface area (Å²) in [6, 6.07) is 1.84. The van der Waals surface area contributed by atoms with Crippen LogP contribution in [0.15, 0.2) is 18.3 Å². The number of ether oxygens (including phenoxy) is 1. The summed E-state index contributed by atoms with van der Waals surface area (Å²) in [4.78, 5) is 0. The van der Waals surface area contributed by atoms with Crippen molar-refractivity contribution >= 4 is 5.82 Å². The lowest BCUT2D eigenvalue weighted by Gasteiger charge is -2.13. The maximum atomic E-state index is 13.5. The quantitative estimate of drug-likeness (QED) is 0.933. The third kappa shape index (κ3) is 2.23. The van der Waals surface area contributed by atoms with Gasteiger partial charge in [-0.05, 0) is 12.1 Å². The lowest BCUT2D eigenvalue weighted by Crippen LogP contribution is -2.00. The lowest BCUT2D eigenvalue weighted by molar-refractivity contribution is 0.146. The molecule has 0 atom stereocenters. The predicted octanol–water partition coefficient (Wildman–Crippen LogP) is 2.75. The van der Waals surface area contributed by atoms with Crippen LogP contribution in [0.25, 0.3) is 11.1 Å². The van der Waals surface area contributed by atoms with Crippen LogP contribution in [0.3, 0.4) is 0 Å². The zero-order valence-electron chi connectivity index (χ0n) is 10.3. The van der Waals surface area contributed by atoms with Gasteiger partial charge in [0.1, 0.15) is 17.4 Å². The number of hydrogen-bond acceptors (Lipinski definition) is 3. The minimum absolute atomic E-state index is 0.101. The second kappa shape index (κ2) is 4.83. The Labute approximate surface area is 107 Å². The van der Waals surface area contributed by atoms with E-state index >= 15 is 0 Å². The fourth-order valence-corrected chi connectivity index (χ4v) is 1.86. The SMILES string of the molecule is COc1c(-c2cnn(C)c2N)cc(F)cc1C(F)F. The number of halogens is 3. The zero-order valence-corrected chi connectivity index (χ0v) is 10.3. The number of alkyl halides is 2. The fraction of sp³-hybridized carbons (Fsp3) is 0.250. The van der Waals surface area contributed by atoms with Gasteiger partial charge in [0.15, 0.2) is 0 Å². The van der Waals surface area contributed by atoms with Crippen molar-refractivity contribution in [1.29, 1.82) is 0 Å². The summed E-state index contributed by atoms with van der Waals surface area (Å²) in [6.07, 6.45) is -1.47. The van der Waals surface area contributed by atoms with Crippen molar-refractivity contribution in [3.63, 3.8) is 0 Å². The van der Waals surface area contributed by atoms with Gasteiger partial charge >= 0.3 is 0 Å². The molecule has 0 aliphatic carbocycles. The highest BCUT2D eigenvalue weighted by atomic mass is 19.3. The van der Waals surface area contributed by atoms with Crippen molar-refractivity contribution in [1.82, 2.24) is 9.78 Å². The molecule has 0 aliphatic rings. The molecule has 1 aromatic carbocycles. The normalized spacial score (nSPS) is 11.1. The topological polar surface area (TPSA) is 53.1 Å². The Bertz CT molecular complexity index is 611. The summed E-state index contributed by atoms with van der Waals surface area (Å²) in [5.41, 5.74) is 5.76. The molecule has 4 nitrogen and oxygen atoms in total. The van der Waals surface area contributed by atoms with Crippen LogP contribution in [-0.2, 0) is 7.05 Å². The predicted molar refractivity (Wildman–Crippen MR) is 64.5 cm³/mol. The van der Waals surface area contributed by atoms with E-state index in [0.29, 0.717) is 5.56 Å². The number of rotatable bonds is 3. The molecule has 0 unspecified atom stereocenters. The highest BCUT2D eigenvalue weighted by molar-refractivity contribution is 5.79. The minimum Gasteiger partial charge on any atom is -0.496 e. The smallest absolute Gasteiger partial charge is 0.267 e. The molecule has 0 aliphatic heterocycles. The van der Waals surface area contributed by atoms with E-state index in [4.69, 9.17) is 10.5 Å². The molecule has 0 amide bonds. The first kappa shape index (κ1) is 13.3. The van der Waals surface area contributed by atoms with Gasteiger partial charge in [-0.2, -0.15) is 5.10 Å². The molecule has 0 fully saturated rings. The molecule has 19 heavy (non-hydrogen) atoms. The number of methoxy groups -OCH3 is 1. The van der Waals surface area contributed by atoms with E-state index in [9.17, 15) is 13.2 Å². The summed E-state index contributed by atoms with van der Waals surface area (Å²) < 4.78 is 45.6. The molecule has 0 saturated carbocycles. The van der Waals surface area contributed by atoms with Crippen LogP contribution in [0.2, 0.25) is 0 Å². The Kier molecular flexibility index (Phi) is 3.37. The second-order valence-corrected chi connectivity index (χ2v) is 3.94. The van der Waals surface area contributed by atoms with Crippen LogP contribution in [0.1, 0.15) is 12.0 Å². The molecule has 7 heteroatoms. The highest BCUT2D eigenvalue weighted by Gasteiger charge is 2.22. The Morgan fingerprint density at radius 3 is 2.47 bits per heavy atom. The van der Waals surface area contributed by atoms with E-state index in [1.807, 2.05) is 0 Å². The summed E-state index contributed by atoms with van der Waals surface area (Å²) in [7, 11) is 2.84. The monoisotopic (exact) mass is 271 g/mol. The van der Waals surface area contributed by atoms with Gasteiger partial charge in [0, 0.05) is 18.2 Å². The summed E-state index contributed by atoms with van der Waals surface area (Å²) in [5, 5.41) is 3.90. The van der Waals surface area contributed by atoms with E-state index in [1.54, 1.807) is 7.05 Å². The third-order valence-corrected chi connectivity index (χ3v) is 2.80. The second-order valence-electron chi connectivity index (χ2n) is 3.94. The van der Waals surface area contributed by atoms with Crippen molar-refractivity contribution in [2.45, 2.75) is 6.43 Å². The number of anilines is 1. The van der Waals surface area contributed by atoms with Crippen molar-refractivity contribution in [3.8, 4) is 16.9 Å². The Balaban J connectivity index is 2.72. The van der Waals surface area contributed by atoms with Crippen molar-refractivity contribution < 1.29 is 17.9 Å². The van der Waals surface area contributed by atoms with E-state index < -0.39 is 17.8 Å². The molecule has 2 rings (SSSR count). The Morgan fingerprint density at radius 2 is 2.00 bits per heavy atom.